The number of para-hydroxylation sites is 1. The number of hydrogen-bond acceptors (Lipinski definition) is 5. The van der Waals surface area contributed by atoms with Crippen molar-refractivity contribution < 1.29 is 36.6 Å². The van der Waals surface area contributed by atoms with E-state index in [1.54, 1.807) is 0 Å². The summed E-state index contributed by atoms with van der Waals surface area (Å²) in [7, 11) is 2.92. The van der Waals surface area contributed by atoms with Crippen molar-refractivity contribution in [2.75, 3.05) is 32.8 Å². The summed E-state index contributed by atoms with van der Waals surface area (Å²) >= 11 is 0. The average Bonchev–Trinajstić information content (AvgIpc) is 3.20. The van der Waals surface area contributed by atoms with E-state index >= 15 is 0 Å². The number of carbonyl (C=O) groups excluding carboxylic acids is 1. The molecule has 1 heterocycles. The topological polar surface area (TPSA) is 74.6 Å². The molecule has 2 aromatic carbocycles. The zero-order valence-electron chi connectivity index (χ0n) is 17.1. The van der Waals surface area contributed by atoms with E-state index in [0.717, 1.165) is 18.3 Å². The lowest BCUT2D eigenvalue weighted by Crippen LogP contribution is -2.21. The van der Waals surface area contributed by atoms with Crippen LogP contribution in [0.3, 0.4) is 0 Å². The van der Waals surface area contributed by atoms with Crippen molar-refractivity contribution in [3.05, 3.63) is 65.7 Å². The number of ether oxygens (including phenoxy) is 3. The van der Waals surface area contributed by atoms with Gasteiger partial charge in [0.15, 0.2) is 17.2 Å². The molecule has 0 fully saturated rings. The van der Waals surface area contributed by atoms with E-state index in [4.69, 9.17) is 14.2 Å². The number of carbonyl (C=O) groups is 1. The number of rotatable bonds is 8. The predicted octanol–water partition coefficient (Wildman–Crippen LogP) is 4.32. The van der Waals surface area contributed by atoms with Gasteiger partial charge in [0.1, 0.15) is 18.1 Å². The Morgan fingerprint density at radius 1 is 1.09 bits per heavy atom. The number of halogens is 4. The molecule has 1 amide bonds. The van der Waals surface area contributed by atoms with Gasteiger partial charge >= 0.3 is 6.18 Å². The minimum Gasteiger partial charge on any atom is -0.493 e. The third kappa shape index (κ3) is 4.99. The Balaban J connectivity index is 1.93. The molecule has 11 heteroatoms. The second-order valence-electron chi connectivity index (χ2n) is 6.43. The summed E-state index contributed by atoms with van der Waals surface area (Å²) in [6.45, 7) is 0.488. The molecule has 0 bridgehead atoms. The van der Waals surface area contributed by atoms with Crippen LogP contribution >= 0.6 is 0 Å². The van der Waals surface area contributed by atoms with Crippen molar-refractivity contribution in [1.82, 2.24) is 9.78 Å². The summed E-state index contributed by atoms with van der Waals surface area (Å²) < 4.78 is 71.4. The normalized spacial score (nSPS) is 11.3. The smallest absolute Gasteiger partial charge is 0.434 e. The third-order valence-electron chi connectivity index (χ3n) is 4.33. The van der Waals surface area contributed by atoms with Crippen molar-refractivity contribution in [3.8, 4) is 17.2 Å². The molecule has 1 aromatic heterocycles. The lowest BCUT2D eigenvalue weighted by molar-refractivity contribution is -0.143. The second-order valence-corrected chi connectivity index (χ2v) is 6.43. The van der Waals surface area contributed by atoms with Gasteiger partial charge in [-0.15, -0.1) is 0 Å². The first kappa shape index (κ1) is 23.1. The monoisotopic (exact) mass is 453 g/mol. The molecule has 1 N–H and O–H groups in total. The number of benzene rings is 2. The van der Waals surface area contributed by atoms with E-state index in [9.17, 15) is 22.4 Å². The van der Waals surface area contributed by atoms with Crippen LogP contribution < -0.4 is 14.8 Å². The lowest BCUT2D eigenvalue weighted by atomic mass is 10.2. The van der Waals surface area contributed by atoms with Gasteiger partial charge in [-0.2, -0.15) is 18.3 Å². The minimum absolute atomic E-state index is 0.162. The Labute approximate surface area is 180 Å². The van der Waals surface area contributed by atoms with Gasteiger partial charge in [0.05, 0.1) is 25.5 Å². The first-order valence-corrected chi connectivity index (χ1v) is 9.27. The maximum atomic E-state index is 14.1. The number of amides is 1. The predicted molar refractivity (Wildman–Crippen MR) is 107 cm³/mol. The Morgan fingerprint density at radius 2 is 1.84 bits per heavy atom. The van der Waals surface area contributed by atoms with Crippen LogP contribution in [0.1, 0.15) is 16.1 Å². The number of nitrogens with zero attached hydrogens (tertiary/aromatic N) is 2. The van der Waals surface area contributed by atoms with Gasteiger partial charge < -0.3 is 19.5 Å². The van der Waals surface area contributed by atoms with Crippen LogP contribution in [-0.4, -0.2) is 43.1 Å². The van der Waals surface area contributed by atoms with Crippen molar-refractivity contribution in [2.45, 2.75) is 6.18 Å². The highest BCUT2D eigenvalue weighted by Crippen LogP contribution is 2.35. The van der Waals surface area contributed by atoms with Crippen LogP contribution in [0.25, 0.3) is 5.69 Å². The van der Waals surface area contributed by atoms with Crippen LogP contribution in [0.5, 0.6) is 11.5 Å². The second kappa shape index (κ2) is 9.69. The fourth-order valence-corrected chi connectivity index (χ4v) is 2.89. The molecule has 0 atom stereocenters. The highest BCUT2D eigenvalue weighted by atomic mass is 19.4. The molecule has 0 aliphatic heterocycles. The Bertz CT molecular complexity index is 1100. The molecule has 32 heavy (non-hydrogen) atoms. The number of methoxy groups -OCH3 is 2. The van der Waals surface area contributed by atoms with Crippen LogP contribution in [0.2, 0.25) is 0 Å². The number of aromatic nitrogens is 2. The van der Waals surface area contributed by atoms with Crippen LogP contribution in [0.4, 0.5) is 23.2 Å². The van der Waals surface area contributed by atoms with Gasteiger partial charge in [0.25, 0.3) is 5.91 Å². The van der Waals surface area contributed by atoms with E-state index in [0.29, 0.717) is 17.0 Å². The Hall–Kier alpha value is -3.60. The number of nitrogens with one attached hydrogen (secondary N) is 1. The number of alkyl halides is 3. The maximum Gasteiger partial charge on any atom is 0.434 e. The third-order valence-corrected chi connectivity index (χ3v) is 4.33. The van der Waals surface area contributed by atoms with E-state index in [1.807, 2.05) is 0 Å². The first-order chi connectivity index (χ1) is 15.3. The van der Waals surface area contributed by atoms with Crippen molar-refractivity contribution in [2.24, 2.45) is 0 Å². The summed E-state index contributed by atoms with van der Waals surface area (Å²) in [6.07, 6.45) is -4.23. The molecule has 170 valence electrons. The van der Waals surface area contributed by atoms with Gasteiger partial charge in [0, 0.05) is 18.9 Å². The molecule has 0 saturated heterocycles. The van der Waals surface area contributed by atoms with Crippen molar-refractivity contribution in [3.63, 3.8) is 0 Å². The summed E-state index contributed by atoms with van der Waals surface area (Å²) in [4.78, 5) is 12.7. The standard InChI is InChI=1S/C21H19F4N3O4/c1-30-9-10-32-18-11-13(7-8-17(18)31-2)27-20(29)14-12-26-28(19(14)21(23,24)25)16-6-4-3-5-15(16)22/h3-8,11-12H,9-10H2,1-2H3,(H,27,29). The van der Waals surface area contributed by atoms with E-state index in [2.05, 4.69) is 10.4 Å². The van der Waals surface area contributed by atoms with Crippen molar-refractivity contribution in [1.29, 1.82) is 0 Å². The highest BCUT2D eigenvalue weighted by molar-refractivity contribution is 6.05. The van der Waals surface area contributed by atoms with E-state index in [1.165, 1.54) is 44.6 Å². The largest absolute Gasteiger partial charge is 0.493 e. The summed E-state index contributed by atoms with van der Waals surface area (Å²) in [5.74, 6) is -1.36. The van der Waals surface area contributed by atoms with Gasteiger partial charge in [-0.05, 0) is 24.3 Å². The maximum absolute atomic E-state index is 14.1. The molecule has 0 aliphatic carbocycles. The highest BCUT2D eigenvalue weighted by Gasteiger charge is 2.41. The lowest BCUT2D eigenvalue weighted by Gasteiger charge is -2.14. The van der Waals surface area contributed by atoms with Crippen molar-refractivity contribution >= 4 is 11.6 Å². The molecule has 3 rings (SSSR count). The van der Waals surface area contributed by atoms with Crippen LogP contribution in [0.15, 0.2) is 48.7 Å². The zero-order chi connectivity index (χ0) is 23.3. The number of anilines is 1. The van der Waals surface area contributed by atoms with Crippen LogP contribution in [0, 0.1) is 5.82 Å². The van der Waals surface area contributed by atoms with Gasteiger partial charge in [0.2, 0.25) is 0 Å². The zero-order valence-corrected chi connectivity index (χ0v) is 17.1. The molecule has 0 unspecified atom stereocenters. The fourth-order valence-electron chi connectivity index (χ4n) is 2.89. The van der Waals surface area contributed by atoms with Gasteiger partial charge in [-0.3, -0.25) is 4.79 Å². The van der Waals surface area contributed by atoms with Gasteiger partial charge in [-0.1, -0.05) is 12.1 Å². The summed E-state index contributed by atoms with van der Waals surface area (Å²) in [5, 5.41) is 5.99. The summed E-state index contributed by atoms with van der Waals surface area (Å²) in [6, 6.07) is 9.16. The first-order valence-electron chi connectivity index (χ1n) is 9.27. The Kier molecular flexibility index (Phi) is 6.98. The molecule has 0 spiro atoms. The fraction of sp³-hybridized carbons (Fsp3) is 0.238. The molecular weight excluding hydrogens is 434 g/mol. The van der Waals surface area contributed by atoms with Crippen LogP contribution in [-0.2, 0) is 10.9 Å². The minimum atomic E-state index is -4.97. The van der Waals surface area contributed by atoms with E-state index < -0.39 is 34.8 Å². The summed E-state index contributed by atoms with van der Waals surface area (Å²) in [5.41, 5.74) is -2.43. The quantitative estimate of drug-likeness (QED) is 0.406. The molecule has 7 nitrogen and oxygen atoms in total. The number of hydrogen-bond donors (Lipinski definition) is 1. The van der Waals surface area contributed by atoms with Gasteiger partial charge in [-0.25, -0.2) is 9.07 Å². The average molecular weight is 453 g/mol. The van der Waals surface area contributed by atoms with E-state index in [-0.39, 0.29) is 18.0 Å². The Morgan fingerprint density at radius 3 is 2.50 bits per heavy atom. The SMILES string of the molecule is COCCOc1cc(NC(=O)c2cnn(-c3ccccc3F)c2C(F)(F)F)ccc1OC. The molecule has 0 aliphatic rings. The molecule has 3 aromatic rings. The molecule has 0 radical (unpaired) electrons. The molecular formula is C21H19F4N3O4. The molecule has 0 saturated carbocycles.